The van der Waals surface area contributed by atoms with E-state index in [4.69, 9.17) is 0 Å². The first-order valence-electron chi connectivity index (χ1n) is 7.17. The molecule has 2 amide bonds. The first kappa shape index (κ1) is 15.0. The second kappa shape index (κ2) is 6.88. The van der Waals surface area contributed by atoms with Crippen LogP contribution in [-0.2, 0) is 16.0 Å². The van der Waals surface area contributed by atoms with E-state index in [2.05, 4.69) is 5.32 Å². The summed E-state index contributed by atoms with van der Waals surface area (Å²) in [5.41, 5.74) is 0. The Morgan fingerprint density at radius 3 is 2.65 bits per heavy atom. The molecule has 0 unspecified atom stereocenters. The van der Waals surface area contributed by atoms with Crippen molar-refractivity contribution in [2.75, 3.05) is 13.1 Å². The van der Waals surface area contributed by atoms with Gasteiger partial charge in [0.25, 0.3) is 0 Å². The molecule has 0 radical (unpaired) electrons. The molecule has 2 rings (SSSR count). The molecular formula is C15H22N2O2S. The minimum atomic E-state index is 0.0555. The van der Waals surface area contributed by atoms with Crippen molar-refractivity contribution in [1.82, 2.24) is 10.2 Å². The second-order valence-corrected chi connectivity index (χ2v) is 6.61. The average Bonchev–Trinajstić information content (AvgIpc) is 2.91. The summed E-state index contributed by atoms with van der Waals surface area (Å²) >= 11 is 1.61. The Morgan fingerprint density at radius 1 is 1.40 bits per heavy atom. The smallest absolute Gasteiger partial charge is 0.225 e. The van der Waals surface area contributed by atoms with Crippen molar-refractivity contribution in [3.63, 3.8) is 0 Å². The van der Waals surface area contributed by atoms with E-state index in [1.807, 2.05) is 36.3 Å². The highest BCUT2D eigenvalue weighted by atomic mass is 32.1. The zero-order valence-corrected chi connectivity index (χ0v) is 12.9. The predicted octanol–water partition coefficient (Wildman–Crippen LogP) is 2.05. The van der Waals surface area contributed by atoms with Gasteiger partial charge in [0, 0.05) is 29.9 Å². The molecule has 20 heavy (non-hydrogen) atoms. The lowest BCUT2D eigenvalue weighted by molar-refractivity contribution is -0.135. The molecule has 1 aromatic rings. The number of piperidine rings is 1. The average molecular weight is 294 g/mol. The Hall–Kier alpha value is -1.36. The number of hydrogen-bond donors (Lipinski definition) is 1. The summed E-state index contributed by atoms with van der Waals surface area (Å²) in [6, 6.07) is 4.15. The molecular weight excluding hydrogens is 272 g/mol. The number of amides is 2. The minimum absolute atomic E-state index is 0.0555. The van der Waals surface area contributed by atoms with Crippen molar-refractivity contribution in [2.24, 2.45) is 5.92 Å². The van der Waals surface area contributed by atoms with Crippen molar-refractivity contribution < 1.29 is 9.59 Å². The molecule has 1 aromatic heterocycles. The van der Waals surface area contributed by atoms with Crippen LogP contribution in [0, 0.1) is 5.92 Å². The van der Waals surface area contributed by atoms with Gasteiger partial charge in [-0.25, -0.2) is 0 Å². The Kier molecular flexibility index (Phi) is 5.17. The van der Waals surface area contributed by atoms with Crippen LogP contribution in [0.15, 0.2) is 17.5 Å². The molecule has 1 aliphatic rings. The van der Waals surface area contributed by atoms with Gasteiger partial charge in [0.15, 0.2) is 0 Å². The van der Waals surface area contributed by atoms with Gasteiger partial charge in [0.1, 0.15) is 0 Å². The normalized spacial score (nSPS) is 16.4. The number of carbonyl (C=O) groups is 2. The van der Waals surface area contributed by atoms with Gasteiger partial charge in [-0.2, -0.15) is 0 Å². The van der Waals surface area contributed by atoms with Crippen molar-refractivity contribution in [3.8, 4) is 0 Å². The van der Waals surface area contributed by atoms with Crippen LogP contribution in [0.3, 0.4) is 0 Å². The lowest BCUT2D eigenvalue weighted by Gasteiger charge is -2.33. The van der Waals surface area contributed by atoms with Crippen LogP contribution in [-0.4, -0.2) is 35.8 Å². The molecule has 2 heterocycles. The van der Waals surface area contributed by atoms with Crippen LogP contribution in [0.25, 0.3) is 0 Å². The number of nitrogens with zero attached hydrogens (tertiary/aromatic N) is 1. The van der Waals surface area contributed by atoms with Crippen LogP contribution in [0.1, 0.15) is 31.6 Å². The maximum atomic E-state index is 11.9. The van der Waals surface area contributed by atoms with E-state index in [-0.39, 0.29) is 23.8 Å². The van der Waals surface area contributed by atoms with Crippen LogP contribution in [0.2, 0.25) is 0 Å². The molecule has 110 valence electrons. The number of carbonyl (C=O) groups excluding carboxylic acids is 2. The van der Waals surface area contributed by atoms with E-state index in [9.17, 15) is 9.59 Å². The lowest BCUT2D eigenvalue weighted by atomic mass is 10.0. The highest BCUT2D eigenvalue weighted by molar-refractivity contribution is 7.10. The fourth-order valence-corrected chi connectivity index (χ4v) is 3.16. The van der Waals surface area contributed by atoms with Crippen LogP contribution < -0.4 is 5.32 Å². The summed E-state index contributed by atoms with van der Waals surface area (Å²) < 4.78 is 0. The molecule has 0 atom stereocenters. The summed E-state index contributed by atoms with van der Waals surface area (Å²) in [7, 11) is 0. The Bertz CT molecular complexity index is 448. The van der Waals surface area contributed by atoms with Crippen molar-refractivity contribution in [2.45, 2.75) is 39.2 Å². The number of hydrogen-bond acceptors (Lipinski definition) is 3. The highest BCUT2D eigenvalue weighted by Gasteiger charge is 2.25. The first-order valence-corrected chi connectivity index (χ1v) is 8.04. The number of nitrogens with one attached hydrogen (secondary N) is 1. The zero-order chi connectivity index (χ0) is 14.5. The van der Waals surface area contributed by atoms with Gasteiger partial charge in [0.2, 0.25) is 11.8 Å². The third-order valence-electron chi connectivity index (χ3n) is 3.58. The molecule has 0 spiro atoms. The quantitative estimate of drug-likeness (QED) is 0.924. The monoisotopic (exact) mass is 294 g/mol. The Labute approximate surface area is 124 Å². The minimum Gasteiger partial charge on any atom is -0.353 e. The SMILES string of the molecule is CC(C)C(=O)N1CCC(NC(=O)Cc2cccs2)CC1. The molecule has 4 nitrogen and oxygen atoms in total. The second-order valence-electron chi connectivity index (χ2n) is 5.58. The maximum absolute atomic E-state index is 11.9. The van der Waals surface area contributed by atoms with Crippen molar-refractivity contribution >= 4 is 23.2 Å². The predicted molar refractivity (Wildman–Crippen MR) is 80.6 cm³/mol. The molecule has 5 heteroatoms. The zero-order valence-electron chi connectivity index (χ0n) is 12.1. The van der Waals surface area contributed by atoms with Crippen LogP contribution in [0.4, 0.5) is 0 Å². The van der Waals surface area contributed by atoms with Crippen LogP contribution >= 0.6 is 11.3 Å². The van der Waals surface area contributed by atoms with Gasteiger partial charge in [-0.3, -0.25) is 9.59 Å². The maximum Gasteiger partial charge on any atom is 0.225 e. The topological polar surface area (TPSA) is 49.4 Å². The number of likely N-dealkylation sites (tertiary alicyclic amines) is 1. The summed E-state index contributed by atoms with van der Waals surface area (Å²) in [5.74, 6) is 0.356. The van der Waals surface area contributed by atoms with Crippen LogP contribution in [0.5, 0.6) is 0 Å². The van der Waals surface area contributed by atoms with E-state index in [0.717, 1.165) is 30.8 Å². The van der Waals surface area contributed by atoms with Gasteiger partial charge in [-0.15, -0.1) is 11.3 Å². The van der Waals surface area contributed by atoms with Gasteiger partial charge in [-0.05, 0) is 24.3 Å². The van der Waals surface area contributed by atoms with Crippen molar-refractivity contribution in [1.29, 1.82) is 0 Å². The van der Waals surface area contributed by atoms with E-state index in [1.165, 1.54) is 0 Å². The van der Waals surface area contributed by atoms with E-state index < -0.39 is 0 Å². The molecule has 1 fully saturated rings. The molecule has 0 bridgehead atoms. The summed E-state index contributed by atoms with van der Waals surface area (Å²) in [6.45, 7) is 5.36. The fraction of sp³-hybridized carbons (Fsp3) is 0.600. The van der Waals surface area contributed by atoms with E-state index >= 15 is 0 Å². The standard InChI is InChI=1S/C15H22N2O2S/c1-11(2)15(19)17-7-5-12(6-8-17)16-14(18)10-13-4-3-9-20-13/h3-4,9,11-12H,5-8,10H2,1-2H3,(H,16,18). The van der Waals surface area contributed by atoms with Gasteiger partial charge < -0.3 is 10.2 Å². The summed E-state index contributed by atoms with van der Waals surface area (Å²) in [6.07, 6.45) is 2.17. The molecule has 1 aliphatic heterocycles. The Balaban J connectivity index is 1.74. The van der Waals surface area contributed by atoms with E-state index in [1.54, 1.807) is 11.3 Å². The molecule has 1 saturated heterocycles. The highest BCUT2D eigenvalue weighted by Crippen LogP contribution is 2.14. The van der Waals surface area contributed by atoms with Gasteiger partial charge >= 0.3 is 0 Å². The fourth-order valence-electron chi connectivity index (χ4n) is 2.46. The van der Waals surface area contributed by atoms with E-state index in [0.29, 0.717) is 6.42 Å². The molecule has 0 aliphatic carbocycles. The third kappa shape index (κ3) is 4.07. The Morgan fingerprint density at radius 2 is 2.10 bits per heavy atom. The first-order chi connectivity index (χ1) is 9.56. The lowest BCUT2D eigenvalue weighted by Crippen LogP contribution is -2.47. The van der Waals surface area contributed by atoms with Gasteiger partial charge in [-0.1, -0.05) is 19.9 Å². The summed E-state index contributed by atoms with van der Waals surface area (Å²) in [4.78, 5) is 26.8. The number of rotatable bonds is 4. The van der Waals surface area contributed by atoms with Gasteiger partial charge in [0.05, 0.1) is 6.42 Å². The third-order valence-corrected chi connectivity index (χ3v) is 4.46. The molecule has 0 saturated carbocycles. The molecule has 1 N–H and O–H groups in total. The van der Waals surface area contributed by atoms with Crippen molar-refractivity contribution in [3.05, 3.63) is 22.4 Å². The number of thiophene rings is 1. The molecule has 0 aromatic carbocycles. The largest absolute Gasteiger partial charge is 0.353 e. The summed E-state index contributed by atoms with van der Waals surface area (Å²) in [5, 5.41) is 5.06.